The SMILES string of the molecule is CC(C)(C)NS(=O)(=O)c1ccc(-c2cc(-c3ccccc3C#N)c(=O)n(-c3cccnc3)c2)cc1. The van der Waals surface area contributed by atoms with Crippen LogP contribution in [0.3, 0.4) is 0 Å². The maximum absolute atomic E-state index is 13.5. The number of sulfonamides is 1. The first-order valence-electron chi connectivity index (χ1n) is 10.9. The molecule has 0 aliphatic carbocycles. The molecule has 0 saturated heterocycles. The van der Waals surface area contributed by atoms with Crippen molar-refractivity contribution in [3.63, 3.8) is 0 Å². The van der Waals surface area contributed by atoms with E-state index in [-0.39, 0.29) is 10.5 Å². The van der Waals surface area contributed by atoms with Crippen LogP contribution in [-0.2, 0) is 10.0 Å². The summed E-state index contributed by atoms with van der Waals surface area (Å²) < 4.78 is 29.5. The Morgan fingerprint density at radius 1 is 0.943 bits per heavy atom. The van der Waals surface area contributed by atoms with Crippen LogP contribution in [0.4, 0.5) is 0 Å². The number of hydrogen-bond acceptors (Lipinski definition) is 5. The highest BCUT2D eigenvalue weighted by atomic mass is 32.2. The molecule has 4 aromatic rings. The molecule has 2 aromatic carbocycles. The summed E-state index contributed by atoms with van der Waals surface area (Å²) in [5, 5.41) is 9.60. The van der Waals surface area contributed by atoms with Crippen molar-refractivity contribution in [2.75, 3.05) is 0 Å². The number of nitrogens with zero attached hydrogens (tertiary/aromatic N) is 3. The molecule has 7 nitrogen and oxygen atoms in total. The van der Waals surface area contributed by atoms with Crippen LogP contribution in [0.15, 0.2) is 95.0 Å². The Kier molecular flexibility index (Phi) is 6.39. The molecule has 0 radical (unpaired) electrons. The summed E-state index contributed by atoms with van der Waals surface area (Å²) in [7, 11) is -3.68. The quantitative estimate of drug-likeness (QED) is 0.449. The van der Waals surface area contributed by atoms with Gasteiger partial charge in [0.2, 0.25) is 10.0 Å². The number of nitriles is 1. The number of rotatable bonds is 5. The van der Waals surface area contributed by atoms with Crippen molar-refractivity contribution in [2.45, 2.75) is 31.2 Å². The van der Waals surface area contributed by atoms with Gasteiger partial charge in [0.25, 0.3) is 5.56 Å². The molecule has 2 aromatic heterocycles. The first-order valence-corrected chi connectivity index (χ1v) is 12.4. The van der Waals surface area contributed by atoms with E-state index in [1.165, 1.54) is 16.7 Å². The molecule has 0 aliphatic heterocycles. The average molecular weight is 485 g/mol. The summed E-state index contributed by atoms with van der Waals surface area (Å²) in [6.45, 7) is 5.34. The monoisotopic (exact) mass is 484 g/mol. The molecular weight excluding hydrogens is 460 g/mol. The molecule has 0 atom stereocenters. The smallest absolute Gasteiger partial charge is 0.263 e. The number of nitrogens with one attached hydrogen (secondary N) is 1. The zero-order valence-corrected chi connectivity index (χ0v) is 20.4. The fourth-order valence-corrected chi connectivity index (χ4v) is 5.14. The molecule has 176 valence electrons. The third-order valence-electron chi connectivity index (χ3n) is 5.22. The van der Waals surface area contributed by atoms with E-state index in [4.69, 9.17) is 0 Å². The molecule has 0 spiro atoms. The predicted molar refractivity (Wildman–Crippen MR) is 135 cm³/mol. The van der Waals surface area contributed by atoms with Crippen LogP contribution in [0.1, 0.15) is 26.3 Å². The minimum atomic E-state index is -3.68. The standard InChI is InChI=1S/C27H24N4O3S/c1-27(2,3)30-35(33,34)23-12-10-19(11-13-23)21-15-25(24-9-5-4-7-20(24)16-28)26(32)31(18-21)22-8-6-14-29-17-22/h4-15,17-18,30H,1-3H3. The number of aromatic nitrogens is 2. The highest BCUT2D eigenvalue weighted by Gasteiger charge is 2.22. The Hall–Kier alpha value is -4.06. The largest absolute Gasteiger partial charge is 0.282 e. The van der Waals surface area contributed by atoms with E-state index in [0.29, 0.717) is 33.5 Å². The number of hydrogen-bond donors (Lipinski definition) is 1. The normalized spacial score (nSPS) is 11.7. The van der Waals surface area contributed by atoms with Crippen molar-refractivity contribution in [2.24, 2.45) is 0 Å². The van der Waals surface area contributed by atoms with Crippen LogP contribution in [0, 0.1) is 11.3 Å². The summed E-state index contributed by atoms with van der Waals surface area (Å²) in [5.74, 6) is 0. The lowest BCUT2D eigenvalue weighted by molar-refractivity contribution is 0.491. The Balaban J connectivity index is 1.89. The Morgan fingerprint density at radius 2 is 1.66 bits per heavy atom. The topological polar surface area (TPSA) is 105 Å². The van der Waals surface area contributed by atoms with Gasteiger partial charge in [-0.2, -0.15) is 5.26 Å². The van der Waals surface area contributed by atoms with Crippen molar-refractivity contribution < 1.29 is 8.42 Å². The number of benzene rings is 2. The van der Waals surface area contributed by atoms with E-state index in [0.717, 1.165) is 0 Å². The van der Waals surface area contributed by atoms with Gasteiger partial charge in [-0.05, 0) is 68.3 Å². The van der Waals surface area contributed by atoms with Crippen LogP contribution in [0.25, 0.3) is 27.9 Å². The minimum Gasteiger partial charge on any atom is -0.282 e. The van der Waals surface area contributed by atoms with Crippen LogP contribution in [0.5, 0.6) is 0 Å². The zero-order chi connectivity index (χ0) is 25.2. The van der Waals surface area contributed by atoms with Crippen LogP contribution in [-0.4, -0.2) is 23.5 Å². The molecule has 8 heteroatoms. The molecule has 35 heavy (non-hydrogen) atoms. The van der Waals surface area contributed by atoms with Crippen LogP contribution >= 0.6 is 0 Å². The highest BCUT2D eigenvalue weighted by Crippen LogP contribution is 2.28. The highest BCUT2D eigenvalue weighted by molar-refractivity contribution is 7.89. The summed E-state index contributed by atoms with van der Waals surface area (Å²) in [4.78, 5) is 17.7. The van der Waals surface area contributed by atoms with E-state index in [1.807, 2.05) is 0 Å². The second-order valence-corrected chi connectivity index (χ2v) is 10.7. The van der Waals surface area contributed by atoms with Gasteiger partial charge in [0.15, 0.2) is 0 Å². The summed E-state index contributed by atoms with van der Waals surface area (Å²) in [6, 6.07) is 20.8. The fourth-order valence-electron chi connectivity index (χ4n) is 3.72. The van der Waals surface area contributed by atoms with Gasteiger partial charge in [-0.25, -0.2) is 13.1 Å². The third kappa shape index (κ3) is 5.22. The van der Waals surface area contributed by atoms with Gasteiger partial charge in [0.1, 0.15) is 0 Å². The molecule has 1 N–H and O–H groups in total. The van der Waals surface area contributed by atoms with E-state index in [2.05, 4.69) is 15.8 Å². The molecule has 0 saturated carbocycles. The molecule has 0 bridgehead atoms. The third-order valence-corrected chi connectivity index (χ3v) is 6.99. The lowest BCUT2D eigenvalue weighted by Gasteiger charge is -2.20. The van der Waals surface area contributed by atoms with Crippen LogP contribution in [0.2, 0.25) is 0 Å². The van der Waals surface area contributed by atoms with Gasteiger partial charge in [0, 0.05) is 29.1 Å². The van der Waals surface area contributed by atoms with E-state index >= 15 is 0 Å². The van der Waals surface area contributed by atoms with Crippen molar-refractivity contribution in [1.82, 2.24) is 14.3 Å². The molecule has 0 fully saturated rings. The van der Waals surface area contributed by atoms with Gasteiger partial charge in [-0.15, -0.1) is 0 Å². The lowest BCUT2D eigenvalue weighted by Crippen LogP contribution is -2.40. The van der Waals surface area contributed by atoms with Gasteiger partial charge in [0.05, 0.1) is 28.4 Å². The summed E-state index contributed by atoms with van der Waals surface area (Å²) >= 11 is 0. The van der Waals surface area contributed by atoms with Gasteiger partial charge < -0.3 is 0 Å². The molecule has 0 aliphatic rings. The van der Waals surface area contributed by atoms with E-state index < -0.39 is 15.6 Å². The minimum absolute atomic E-state index is 0.145. The molecule has 4 rings (SSSR count). The Labute approximate surface area is 204 Å². The van der Waals surface area contributed by atoms with Gasteiger partial charge >= 0.3 is 0 Å². The average Bonchev–Trinajstić information content (AvgIpc) is 2.83. The molecule has 0 amide bonds. The first kappa shape index (κ1) is 24.1. The second kappa shape index (κ2) is 9.29. The summed E-state index contributed by atoms with van der Waals surface area (Å²) in [5.41, 5.74) is 2.33. The van der Waals surface area contributed by atoms with Crippen molar-refractivity contribution in [3.8, 4) is 34.0 Å². The zero-order valence-electron chi connectivity index (χ0n) is 19.6. The fraction of sp³-hybridized carbons (Fsp3) is 0.148. The molecular formula is C27H24N4O3S. The maximum Gasteiger partial charge on any atom is 0.263 e. The lowest BCUT2D eigenvalue weighted by atomic mass is 9.98. The Bertz CT molecular complexity index is 1580. The number of pyridine rings is 2. The van der Waals surface area contributed by atoms with Gasteiger partial charge in [-0.3, -0.25) is 14.3 Å². The van der Waals surface area contributed by atoms with Crippen molar-refractivity contribution in [3.05, 3.63) is 101 Å². The van der Waals surface area contributed by atoms with Crippen molar-refractivity contribution in [1.29, 1.82) is 5.26 Å². The van der Waals surface area contributed by atoms with Crippen molar-refractivity contribution >= 4 is 10.0 Å². The van der Waals surface area contributed by atoms with E-state index in [1.54, 1.807) is 94.0 Å². The molecule has 0 unspecified atom stereocenters. The predicted octanol–water partition coefficient (Wildman–Crippen LogP) is 4.51. The molecule has 2 heterocycles. The summed E-state index contributed by atoms with van der Waals surface area (Å²) in [6.07, 6.45) is 4.89. The Morgan fingerprint density at radius 3 is 2.29 bits per heavy atom. The van der Waals surface area contributed by atoms with Gasteiger partial charge in [-0.1, -0.05) is 30.3 Å². The first-order chi connectivity index (χ1) is 16.6. The maximum atomic E-state index is 13.5. The van der Waals surface area contributed by atoms with E-state index in [9.17, 15) is 18.5 Å². The van der Waals surface area contributed by atoms with Crippen LogP contribution < -0.4 is 10.3 Å². The second-order valence-electron chi connectivity index (χ2n) is 9.07.